The Balaban J connectivity index is 0.00000645. The van der Waals surface area contributed by atoms with Gasteiger partial charge in [-0.3, -0.25) is 0 Å². The number of fused-ring (bicyclic) bond motifs is 1. The number of rotatable bonds is 24. The van der Waals surface area contributed by atoms with Crippen LogP contribution in [0.4, 0.5) is 11.4 Å². The third-order valence-corrected chi connectivity index (χ3v) is 9.68. The third-order valence-electron chi connectivity index (χ3n) is 8.80. The van der Waals surface area contributed by atoms with E-state index in [1.54, 1.807) is 6.07 Å². The SMILES string of the molecule is CCCCCCCCCCCCCCCCCCCCCCC1Nc2c(cccc2S(=O)(=O)[O-])N1Cc1ccccc1.[K+]. The Labute approximate surface area is 306 Å². The van der Waals surface area contributed by atoms with Crippen LogP contribution in [-0.4, -0.2) is 19.1 Å². The molecule has 0 saturated carbocycles. The Morgan fingerprint density at radius 3 is 1.58 bits per heavy atom. The first-order valence-corrected chi connectivity index (χ1v) is 18.6. The van der Waals surface area contributed by atoms with Crippen LogP contribution in [0.2, 0.25) is 0 Å². The van der Waals surface area contributed by atoms with Gasteiger partial charge >= 0.3 is 51.4 Å². The normalized spacial score (nSPS) is 14.4. The van der Waals surface area contributed by atoms with Crippen LogP contribution in [0, 0.1) is 0 Å². The van der Waals surface area contributed by atoms with E-state index in [9.17, 15) is 13.0 Å². The summed E-state index contributed by atoms with van der Waals surface area (Å²) in [6.45, 7) is 2.96. The predicted octanol–water partition coefficient (Wildman–Crippen LogP) is 7.56. The van der Waals surface area contributed by atoms with E-state index >= 15 is 0 Å². The van der Waals surface area contributed by atoms with Crippen LogP contribution >= 0.6 is 0 Å². The minimum absolute atomic E-state index is 0. The number of para-hydroxylation sites is 1. The summed E-state index contributed by atoms with van der Waals surface area (Å²) < 4.78 is 35.7. The third kappa shape index (κ3) is 15.2. The molecule has 1 aliphatic heterocycles. The van der Waals surface area contributed by atoms with E-state index in [-0.39, 0.29) is 62.4 Å². The first kappa shape index (κ1) is 38.8. The van der Waals surface area contributed by atoms with Crippen LogP contribution in [0.5, 0.6) is 0 Å². The maximum Gasteiger partial charge on any atom is 1.00 e. The molecule has 0 aliphatic carbocycles. The zero-order valence-corrected chi connectivity index (χ0v) is 31.3. The Morgan fingerprint density at radius 1 is 0.651 bits per heavy atom. The van der Waals surface area contributed by atoms with Gasteiger partial charge in [-0.05, 0) is 30.5 Å². The van der Waals surface area contributed by atoms with Crippen molar-refractivity contribution < 1.29 is 64.4 Å². The molecule has 3 rings (SSSR count). The molecule has 236 valence electrons. The van der Waals surface area contributed by atoms with Crippen LogP contribution in [-0.2, 0) is 16.7 Å². The molecule has 1 aliphatic rings. The molecule has 1 N–H and O–H groups in total. The average molecular weight is 637 g/mol. The fraction of sp³-hybridized carbons (Fsp3) is 0.667. The minimum Gasteiger partial charge on any atom is -0.744 e. The Kier molecular flexibility index (Phi) is 20.7. The van der Waals surface area contributed by atoms with Crippen LogP contribution in [0.3, 0.4) is 0 Å². The molecule has 0 bridgehead atoms. The second-order valence-electron chi connectivity index (χ2n) is 12.4. The maximum atomic E-state index is 11.9. The molecule has 5 nitrogen and oxygen atoms in total. The topological polar surface area (TPSA) is 72.5 Å². The van der Waals surface area contributed by atoms with Crippen molar-refractivity contribution in [1.29, 1.82) is 0 Å². The summed E-state index contributed by atoms with van der Waals surface area (Å²) in [6.07, 6.45) is 28.2. The molecule has 43 heavy (non-hydrogen) atoms. The molecule has 0 saturated heterocycles. The summed E-state index contributed by atoms with van der Waals surface area (Å²) in [5.74, 6) is 0. The molecule has 0 spiro atoms. The summed E-state index contributed by atoms with van der Waals surface area (Å²) in [7, 11) is -4.54. The van der Waals surface area contributed by atoms with Gasteiger partial charge in [0.05, 0.1) is 22.4 Å². The number of hydrogen-bond donors (Lipinski definition) is 1. The summed E-state index contributed by atoms with van der Waals surface area (Å²) in [5.41, 5.74) is 2.42. The van der Waals surface area contributed by atoms with E-state index < -0.39 is 10.1 Å². The van der Waals surface area contributed by atoms with Gasteiger partial charge in [-0.15, -0.1) is 0 Å². The van der Waals surface area contributed by atoms with Gasteiger partial charge in [-0.25, -0.2) is 8.42 Å². The molecule has 1 unspecified atom stereocenters. The fourth-order valence-electron chi connectivity index (χ4n) is 6.32. The first-order valence-electron chi connectivity index (χ1n) is 17.2. The molecular formula is C36H57KN2O3S. The zero-order chi connectivity index (χ0) is 29.9. The van der Waals surface area contributed by atoms with E-state index in [1.807, 2.05) is 24.3 Å². The van der Waals surface area contributed by atoms with Crippen molar-refractivity contribution in [2.45, 2.75) is 159 Å². The molecule has 7 heteroatoms. The van der Waals surface area contributed by atoms with E-state index in [4.69, 9.17) is 0 Å². The average Bonchev–Trinajstić information content (AvgIpc) is 3.33. The number of anilines is 2. The molecule has 0 radical (unpaired) electrons. The number of hydrogen-bond acceptors (Lipinski definition) is 5. The van der Waals surface area contributed by atoms with E-state index in [1.165, 1.54) is 128 Å². The second-order valence-corrected chi connectivity index (χ2v) is 13.7. The minimum atomic E-state index is -4.54. The van der Waals surface area contributed by atoms with Crippen molar-refractivity contribution in [2.75, 3.05) is 10.2 Å². The Morgan fingerprint density at radius 2 is 1.12 bits per heavy atom. The number of unbranched alkanes of at least 4 members (excludes halogenated alkanes) is 19. The van der Waals surface area contributed by atoms with E-state index in [2.05, 4.69) is 29.3 Å². The molecule has 1 heterocycles. The van der Waals surface area contributed by atoms with Crippen molar-refractivity contribution in [2.24, 2.45) is 0 Å². The monoisotopic (exact) mass is 636 g/mol. The summed E-state index contributed by atoms with van der Waals surface area (Å²) in [4.78, 5) is 2.07. The quantitative estimate of drug-likeness (QED) is 0.0731. The smallest absolute Gasteiger partial charge is 0.744 e. The maximum absolute atomic E-state index is 11.9. The van der Waals surface area contributed by atoms with Crippen molar-refractivity contribution in [3.8, 4) is 0 Å². The predicted molar refractivity (Wildman–Crippen MR) is 177 cm³/mol. The van der Waals surface area contributed by atoms with Gasteiger partial charge in [0.25, 0.3) is 0 Å². The van der Waals surface area contributed by atoms with Crippen molar-refractivity contribution in [1.82, 2.24) is 0 Å². The molecule has 0 aromatic heterocycles. The van der Waals surface area contributed by atoms with Crippen molar-refractivity contribution in [3.05, 3.63) is 54.1 Å². The van der Waals surface area contributed by atoms with Gasteiger partial charge in [-0.1, -0.05) is 165 Å². The van der Waals surface area contributed by atoms with Crippen molar-refractivity contribution in [3.63, 3.8) is 0 Å². The number of nitrogens with zero attached hydrogens (tertiary/aromatic N) is 1. The Hall–Kier alpha value is -0.414. The standard InChI is InChI=1S/C36H58N2O3S.K/c1-2-3-4-5-6-7-8-9-10-11-12-13-14-15-16-17-18-19-20-24-30-35-37-36-33(28-25-29-34(36)42(39,40)41)38(35)31-32-26-22-21-23-27-32;/h21-23,25-29,35,37H,2-20,24,30-31H2,1H3,(H,39,40,41);/q;+1/p-1. The summed E-state index contributed by atoms with van der Waals surface area (Å²) in [5, 5.41) is 3.39. The molecule has 1 atom stereocenters. The van der Waals surface area contributed by atoms with Crippen LogP contribution in [0.15, 0.2) is 53.4 Å². The fourth-order valence-corrected chi connectivity index (χ4v) is 6.98. The van der Waals surface area contributed by atoms with Gasteiger partial charge in [0, 0.05) is 6.54 Å². The van der Waals surface area contributed by atoms with E-state index in [0.29, 0.717) is 12.2 Å². The number of benzene rings is 2. The summed E-state index contributed by atoms with van der Waals surface area (Å²) >= 11 is 0. The molecule has 2 aromatic rings. The van der Waals surface area contributed by atoms with Gasteiger partial charge < -0.3 is 14.8 Å². The van der Waals surface area contributed by atoms with Crippen LogP contribution in [0.25, 0.3) is 0 Å². The molecular weight excluding hydrogens is 580 g/mol. The van der Waals surface area contributed by atoms with Gasteiger partial charge in [0.15, 0.2) is 0 Å². The summed E-state index contributed by atoms with van der Waals surface area (Å²) in [6, 6.07) is 15.2. The largest absolute Gasteiger partial charge is 1.00 e. The van der Waals surface area contributed by atoms with E-state index in [0.717, 1.165) is 24.1 Å². The van der Waals surface area contributed by atoms with Gasteiger partial charge in [0.1, 0.15) is 10.1 Å². The van der Waals surface area contributed by atoms with Gasteiger partial charge in [-0.2, -0.15) is 0 Å². The zero-order valence-electron chi connectivity index (χ0n) is 27.3. The van der Waals surface area contributed by atoms with Crippen molar-refractivity contribution >= 4 is 21.5 Å². The second kappa shape index (κ2) is 23.0. The van der Waals surface area contributed by atoms with Gasteiger partial charge in [0.2, 0.25) is 0 Å². The Bertz CT molecular complexity index is 1100. The van der Waals surface area contributed by atoms with Crippen LogP contribution < -0.4 is 61.6 Å². The molecule has 2 aromatic carbocycles. The molecule has 0 fully saturated rings. The first-order chi connectivity index (χ1) is 20.5. The van der Waals surface area contributed by atoms with Crippen LogP contribution in [0.1, 0.15) is 147 Å². The number of nitrogens with one attached hydrogen (secondary N) is 1. The molecule has 0 amide bonds.